The third-order valence-electron chi connectivity index (χ3n) is 5.84. The zero-order valence-electron chi connectivity index (χ0n) is 17.3. The first-order valence-electron chi connectivity index (χ1n) is 10.2. The molecule has 1 atom stereocenters. The molecule has 4 nitrogen and oxygen atoms in total. The van der Waals surface area contributed by atoms with Crippen molar-refractivity contribution in [2.75, 3.05) is 0 Å². The Labute approximate surface area is 175 Å². The van der Waals surface area contributed by atoms with Gasteiger partial charge < -0.3 is 20.4 Å². The van der Waals surface area contributed by atoms with Gasteiger partial charge in [-0.25, -0.2) is 0 Å². The Balaban J connectivity index is 1.82. The number of phenols is 4. The molecule has 0 aromatic heterocycles. The van der Waals surface area contributed by atoms with Gasteiger partial charge in [0.05, 0.1) is 0 Å². The number of rotatable bonds is 4. The van der Waals surface area contributed by atoms with E-state index in [1.807, 2.05) is 39.0 Å². The maximum atomic E-state index is 11.1. The van der Waals surface area contributed by atoms with Crippen LogP contribution in [0.1, 0.15) is 49.3 Å². The summed E-state index contributed by atoms with van der Waals surface area (Å²) >= 11 is 0. The van der Waals surface area contributed by atoms with Gasteiger partial charge in [-0.1, -0.05) is 45.0 Å². The Bertz CT molecular complexity index is 1260. The lowest BCUT2D eigenvalue weighted by molar-refractivity contribution is 0.468. The lowest BCUT2D eigenvalue weighted by Crippen LogP contribution is -2.01. The molecule has 0 radical (unpaired) electrons. The van der Waals surface area contributed by atoms with Gasteiger partial charge >= 0.3 is 0 Å². The van der Waals surface area contributed by atoms with Gasteiger partial charge in [-0.3, -0.25) is 0 Å². The molecule has 30 heavy (non-hydrogen) atoms. The molecule has 0 aliphatic carbocycles. The van der Waals surface area contributed by atoms with Gasteiger partial charge in [0.25, 0.3) is 0 Å². The minimum atomic E-state index is -0.0594. The van der Waals surface area contributed by atoms with Crippen molar-refractivity contribution >= 4 is 21.5 Å². The number of aromatic hydroxyl groups is 4. The van der Waals surface area contributed by atoms with Crippen LogP contribution in [0.4, 0.5) is 0 Å². The third kappa shape index (κ3) is 3.39. The number of hydrogen-bond acceptors (Lipinski definition) is 4. The third-order valence-corrected chi connectivity index (χ3v) is 5.84. The van der Waals surface area contributed by atoms with Gasteiger partial charge in [-0.05, 0) is 76.1 Å². The summed E-state index contributed by atoms with van der Waals surface area (Å²) in [5.41, 5.74) is 2.52. The van der Waals surface area contributed by atoms with Crippen molar-refractivity contribution in [1.29, 1.82) is 0 Å². The molecule has 0 fully saturated rings. The van der Waals surface area contributed by atoms with Crippen molar-refractivity contribution in [3.8, 4) is 23.0 Å². The molecule has 4 aromatic carbocycles. The van der Waals surface area contributed by atoms with Crippen molar-refractivity contribution < 1.29 is 20.4 Å². The fraction of sp³-hybridized carbons (Fsp3) is 0.231. The molecule has 154 valence electrons. The first kappa shape index (κ1) is 19.9. The van der Waals surface area contributed by atoms with Crippen LogP contribution >= 0.6 is 0 Å². The quantitative estimate of drug-likeness (QED) is 0.324. The maximum Gasteiger partial charge on any atom is 0.126 e. The largest absolute Gasteiger partial charge is 0.508 e. The fourth-order valence-corrected chi connectivity index (χ4v) is 4.38. The molecular formula is C26H26O4. The minimum absolute atomic E-state index is 0.0594. The van der Waals surface area contributed by atoms with Gasteiger partial charge in [0, 0.05) is 10.8 Å². The first-order chi connectivity index (χ1) is 14.3. The Morgan fingerprint density at radius 3 is 2.00 bits per heavy atom. The van der Waals surface area contributed by atoms with E-state index in [4.69, 9.17) is 0 Å². The van der Waals surface area contributed by atoms with E-state index in [1.54, 1.807) is 36.4 Å². The van der Waals surface area contributed by atoms with Crippen LogP contribution in [0, 0.1) is 0 Å². The number of phenolic OH excluding ortho intramolecular Hbond substituents is 4. The highest BCUT2D eigenvalue weighted by Crippen LogP contribution is 2.41. The molecular weight excluding hydrogens is 376 g/mol. The average molecular weight is 402 g/mol. The summed E-state index contributed by atoms with van der Waals surface area (Å²) in [6, 6.07) is 15.7. The molecule has 4 rings (SSSR count). The van der Waals surface area contributed by atoms with Gasteiger partial charge in [-0.2, -0.15) is 0 Å². The van der Waals surface area contributed by atoms with Crippen LogP contribution in [-0.2, 0) is 6.42 Å². The molecule has 0 heterocycles. The summed E-state index contributed by atoms with van der Waals surface area (Å²) in [6.45, 7) is 6.08. The van der Waals surface area contributed by atoms with Crippen LogP contribution < -0.4 is 0 Å². The summed E-state index contributed by atoms with van der Waals surface area (Å²) in [6.07, 6.45) is 0.535. The Kier molecular flexibility index (Phi) is 4.94. The monoisotopic (exact) mass is 402 g/mol. The van der Waals surface area contributed by atoms with Crippen molar-refractivity contribution in [3.05, 3.63) is 71.3 Å². The fourth-order valence-electron chi connectivity index (χ4n) is 4.38. The molecule has 0 aliphatic rings. The van der Waals surface area contributed by atoms with Crippen LogP contribution in [0.5, 0.6) is 23.0 Å². The van der Waals surface area contributed by atoms with Gasteiger partial charge in [0.15, 0.2) is 0 Å². The highest BCUT2D eigenvalue weighted by atomic mass is 16.3. The summed E-state index contributed by atoms with van der Waals surface area (Å²) in [5, 5.41) is 44.8. The SMILES string of the molecule is CC(C)c1cc(O)cc2ccc(CC(C)c3cc(O)cc4cccc(O)c34)c(O)c12. The molecule has 4 aromatic rings. The lowest BCUT2D eigenvalue weighted by Gasteiger charge is -2.19. The van der Waals surface area contributed by atoms with Gasteiger partial charge in [0.2, 0.25) is 0 Å². The van der Waals surface area contributed by atoms with E-state index in [0.29, 0.717) is 6.42 Å². The van der Waals surface area contributed by atoms with Crippen LogP contribution in [0.2, 0.25) is 0 Å². The summed E-state index contributed by atoms with van der Waals surface area (Å²) in [7, 11) is 0. The summed E-state index contributed by atoms with van der Waals surface area (Å²) < 4.78 is 0. The van der Waals surface area contributed by atoms with Crippen molar-refractivity contribution in [2.45, 2.75) is 39.0 Å². The Morgan fingerprint density at radius 2 is 1.33 bits per heavy atom. The number of benzene rings is 4. The van der Waals surface area contributed by atoms with Crippen molar-refractivity contribution in [1.82, 2.24) is 0 Å². The molecule has 0 saturated heterocycles. The Morgan fingerprint density at radius 1 is 0.700 bits per heavy atom. The van der Waals surface area contributed by atoms with E-state index in [9.17, 15) is 20.4 Å². The molecule has 0 saturated carbocycles. The second-order valence-electron chi connectivity index (χ2n) is 8.38. The maximum absolute atomic E-state index is 11.1. The highest BCUT2D eigenvalue weighted by Gasteiger charge is 2.19. The standard InChI is InChI=1S/C26H26O4/c1-14(2)21-12-19(27)11-17-7-8-18(26(30)25(17)21)9-15(3)22-13-20(28)10-16-5-4-6-23(29)24(16)22/h4-8,10-15,27-30H,9H2,1-3H3. The summed E-state index contributed by atoms with van der Waals surface area (Å²) in [5.74, 6) is 0.816. The van der Waals surface area contributed by atoms with Gasteiger partial charge in [-0.15, -0.1) is 0 Å². The van der Waals surface area contributed by atoms with Crippen molar-refractivity contribution in [2.24, 2.45) is 0 Å². The van der Waals surface area contributed by atoms with E-state index in [2.05, 4.69) is 0 Å². The number of fused-ring (bicyclic) bond motifs is 2. The second-order valence-corrected chi connectivity index (χ2v) is 8.38. The zero-order chi connectivity index (χ0) is 21.6. The summed E-state index contributed by atoms with van der Waals surface area (Å²) in [4.78, 5) is 0. The Hall–Kier alpha value is -3.40. The van der Waals surface area contributed by atoms with Crippen LogP contribution in [-0.4, -0.2) is 20.4 Å². The molecule has 0 amide bonds. The van der Waals surface area contributed by atoms with Gasteiger partial charge in [0.1, 0.15) is 23.0 Å². The van der Waals surface area contributed by atoms with Crippen LogP contribution in [0.15, 0.2) is 54.6 Å². The molecule has 0 spiro atoms. The van der Waals surface area contributed by atoms with Crippen LogP contribution in [0.25, 0.3) is 21.5 Å². The van der Waals surface area contributed by atoms with Crippen LogP contribution in [0.3, 0.4) is 0 Å². The molecule has 0 aliphatic heterocycles. The van der Waals surface area contributed by atoms with E-state index in [0.717, 1.165) is 38.2 Å². The normalized spacial score (nSPS) is 12.7. The van der Waals surface area contributed by atoms with E-state index < -0.39 is 0 Å². The molecule has 4 N–H and O–H groups in total. The molecule has 0 bridgehead atoms. The zero-order valence-corrected chi connectivity index (χ0v) is 17.3. The second kappa shape index (κ2) is 7.45. The van der Waals surface area contributed by atoms with E-state index >= 15 is 0 Å². The first-order valence-corrected chi connectivity index (χ1v) is 10.2. The average Bonchev–Trinajstić information content (AvgIpc) is 2.68. The van der Waals surface area contributed by atoms with E-state index in [-0.39, 0.29) is 34.8 Å². The molecule has 1 unspecified atom stereocenters. The predicted octanol–water partition coefficient (Wildman–Crippen LogP) is 6.29. The van der Waals surface area contributed by atoms with Crippen molar-refractivity contribution in [3.63, 3.8) is 0 Å². The minimum Gasteiger partial charge on any atom is -0.508 e. The topological polar surface area (TPSA) is 80.9 Å². The molecule has 4 heteroatoms. The lowest BCUT2D eigenvalue weighted by atomic mass is 9.87. The smallest absolute Gasteiger partial charge is 0.126 e. The predicted molar refractivity (Wildman–Crippen MR) is 121 cm³/mol. The highest BCUT2D eigenvalue weighted by molar-refractivity contribution is 5.94. The number of hydrogen-bond donors (Lipinski definition) is 4. The van der Waals surface area contributed by atoms with E-state index in [1.165, 1.54) is 0 Å².